The van der Waals surface area contributed by atoms with Gasteiger partial charge in [-0.15, -0.1) is 0 Å². The first-order chi connectivity index (χ1) is 13.1. The molecule has 1 unspecified atom stereocenters. The van der Waals surface area contributed by atoms with Crippen LogP contribution in [-0.2, 0) is 9.59 Å². The van der Waals surface area contributed by atoms with Crippen LogP contribution in [0.2, 0.25) is 0 Å². The molecule has 2 amide bonds. The molecule has 0 radical (unpaired) electrons. The van der Waals surface area contributed by atoms with Crippen LogP contribution in [0.25, 0.3) is 0 Å². The number of nitrogens with zero attached hydrogens (tertiary/aromatic N) is 2. The molecule has 0 aliphatic heterocycles. The fourth-order valence-corrected chi connectivity index (χ4v) is 2.78. The van der Waals surface area contributed by atoms with Gasteiger partial charge in [0.25, 0.3) is 0 Å². The third-order valence-corrected chi connectivity index (χ3v) is 4.32. The van der Waals surface area contributed by atoms with Crippen LogP contribution < -0.4 is 5.32 Å². The van der Waals surface area contributed by atoms with Gasteiger partial charge < -0.3 is 10.2 Å². The summed E-state index contributed by atoms with van der Waals surface area (Å²) in [6, 6.07) is 11.7. The Bertz CT molecular complexity index is 759. The Morgan fingerprint density at radius 2 is 1.70 bits per heavy atom. The Balaban J connectivity index is 2.05. The van der Waals surface area contributed by atoms with E-state index in [9.17, 15) is 14.4 Å². The average Bonchev–Trinajstić information content (AvgIpc) is 2.72. The van der Waals surface area contributed by atoms with Crippen molar-refractivity contribution in [3.63, 3.8) is 0 Å². The van der Waals surface area contributed by atoms with E-state index in [-0.39, 0.29) is 30.4 Å². The summed E-state index contributed by atoms with van der Waals surface area (Å²) in [4.78, 5) is 43.0. The first-order valence-corrected chi connectivity index (χ1v) is 9.13. The van der Waals surface area contributed by atoms with Crippen molar-refractivity contribution in [1.29, 1.82) is 0 Å². The summed E-state index contributed by atoms with van der Waals surface area (Å²) in [5, 5.41) is 2.79. The monoisotopic (exact) mass is 367 g/mol. The lowest BCUT2D eigenvalue weighted by Gasteiger charge is -2.26. The van der Waals surface area contributed by atoms with Gasteiger partial charge in [-0.05, 0) is 31.5 Å². The maximum atomic E-state index is 12.8. The lowest BCUT2D eigenvalue weighted by atomic mass is 10.0. The fraction of sp³-hybridized carbons (Fsp3) is 0.333. The number of rotatable bonds is 9. The van der Waals surface area contributed by atoms with E-state index in [1.165, 1.54) is 6.20 Å². The Hall–Kier alpha value is -3.02. The molecule has 0 fully saturated rings. The Labute approximate surface area is 159 Å². The highest BCUT2D eigenvalue weighted by Gasteiger charge is 2.26. The Morgan fingerprint density at radius 3 is 2.30 bits per heavy atom. The second-order valence-electron chi connectivity index (χ2n) is 6.09. The summed E-state index contributed by atoms with van der Waals surface area (Å²) in [6.07, 6.45) is 3.16. The molecule has 6 heteroatoms. The molecule has 0 spiro atoms. The van der Waals surface area contributed by atoms with Crippen LogP contribution in [0.4, 0.5) is 0 Å². The van der Waals surface area contributed by atoms with Gasteiger partial charge in [0, 0.05) is 43.9 Å². The molecule has 0 aliphatic rings. The number of amides is 2. The van der Waals surface area contributed by atoms with Crippen molar-refractivity contribution in [2.24, 2.45) is 0 Å². The summed E-state index contributed by atoms with van der Waals surface area (Å²) in [6.45, 7) is 4.93. The van der Waals surface area contributed by atoms with E-state index < -0.39 is 6.04 Å². The van der Waals surface area contributed by atoms with Gasteiger partial charge >= 0.3 is 0 Å². The van der Waals surface area contributed by atoms with E-state index in [0.717, 1.165) is 5.56 Å². The minimum atomic E-state index is -0.757. The van der Waals surface area contributed by atoms with Gasteiger partial charge in [0.1, 0.15) is 6.04 Å². The summed E-state index contributed by atoms with van der Waals surface area (Å²) in [5.74, 6) is -0.635. The van der Waals surface area contributed by atoms with Gasteiger partial charge in [-0.25, -0.2) is 0 Å². The Kier molecular flexibility index (Phi) is 7.67. The van der Waals surface area contributed by atoms with Crippen molar-refractivity contribution in [1.82, 2.24) is 15.2 Å². The molecular weight excluding hydrogens is 342 g/mol. The molecule has 1 atom stereocenters. The second-order valence-corrected chi connectivity index (χ2v) is 6.09. The van der Waals surface area contributed by atoms with Gasteiger partial charge in [-0.2, -0.15) is 0 Å². The lowest BCUT2D eigenvalue weighted by Crippen LogP contribution is -2.42. The van der Waals surface area contributed by atoms with E-state index in [2.05, 4.69) is 10.3 Å². The molecule has 0 aliphatic carbocycles. The molecule has 0 saturated heterocycles. The number of hydrogen-bond donors (Lipinski definition) is 1. The van der Waals surface area contributed by atoms with E-state index in [1.54, 1.807) is 23.2 Å². The first kappa shape index (κ1) is 20.3. The average molecular weight is 367 g/mol. The summed E-state index contributed by atoms with van der Waals surface area (Å²) in [7, 11) is 0. The van der Waals surface area contributed by atoms with Gasteiger partial charge in [0.2, 0.25) is 11.8 Å². The topological polar surface area (TPSA) is 79.4 Å². The molecule has 0 saturated carbocycles. The zero-order chi connectivity index (χ0) is 19.6. The third kappa shape index (κ3) is 5.74. The minimum absolute atomic E-state index is 0.0165. The molecule has 0 bridgehead atoms. The van der Waals surface area contributed by atoms with Gasteiger partial charge in [0.15, 0.2) is 5.78 Å². The largest absolute Gasteiger partial charge is 0.341 e. The molecule has 1 aromatic carbocycles. The zero-order valence-electron chi connectivity index (χ0n) is 15.7. The van der Waals surface area contributed by atoms with Crippen molar-refractivity contribution >= 4 is 17.6 Å². The van der Waals surface area contributed by atoms with Crippen LogP contribution in [0.5, 0.6) is 0 Å². The second kappa shape index (κ2) is 10.2. The van der Waals surface area contributed by atoms with Crippen molar-refractivity contribution in [3.05, 3.63) is 66.0 Å². The highest BCUT2D eigenvalue weighted by molar-refractivity contribution is 5.98. The smallest absolute Gasteiger partial charge is 0.249 e. The molecular formula is C21H25N3O3. The van der Waals surface area contributed by atoms with Crippen molar-refractivity contribution in [2.45, 2.75) is 32.7 Å². The number of likely N-dealkylation sites (N-methyl/N-ethyl adjacent to an activating group) is 1. The fourth-order valence-electron chi connectivity index (χ4n) is 2.78. The number of aromatic nitrogens is 1. The predicted molar refractivity (Wildman–Crippen MR) is 103 cm³/mol. The minimum Gasteiger partial charge on any atom is -0.341 e. The highest BCUT2D eigenvalue weighted by atomic mass is 16.2. The molecule has 2 aromatic rings. The first-order valence-electron chi connectivity index (χ1n) is 9.13. The maximum Gasteiger partial charge on any atom is 0.249 e. The van der Waals surface area contributed by atoms with Crippen molar-refractivity contribution < 1.29 is 14.4 Å². The number of hydrogen-bond acceptors (Lipinski definition) is 4. The normalized spacial score (nSPS) is 11.5. The molecule has 2 rings (SSSR count). The van der Waals surface area contributed by atoms with E-state index in [4.69, 9.17) is 0 Å². The van der Waals surface area contributed by atoms with Gasteiger partial charge in [-0.1, -0.05) is 30.3 Å². The Morgan fingerprint density at radius 1 is 1.00 bits per heavy atom. The summed E-state index contributed by atoms with van der Waals surface area (Å²) >= 11 is 0. The van der Waals surface area contributed by atoms with E-state index >= 15 is 0 Å². The molecule has 27 heavy (non-hydrogen) atoms. The quantitative estimate of drug-likeness (QED) is 0.691. The van der Waals surface area contributed by atoms with Gasteiger partial charge in [0.05, 0.1) is 0 Å². The summed E-state index contributed by atoms with van der Waals surface area (Å²) in [5.41, 5.74) is 1.20. The third-order valence-electron chi connectivity index (χ3n) is 4.32. The van der Waals surface area contributed by atoms with E-state index in [1.807, 2.05) is 44.2 Å². The predicted octanol–water partition coefficient (Wildman–Crippen LogP) is 2.77. The van der Waals surface area contributed by atoms with Crippen molar-refractivity contribution in [3.8, 4) is 0 Å². The number of carbonyl (C=O) groups is 3. The van der Waals surface area contributed by atoms with Crippen LogP contribution in [0.3, 0.4) is 0 Å². The van der Waals surface area contributed by atoms with Crippen LogP contribution >= 0.6 is 0 Å². The standard InChI is InChI=1S/C21H25N3O3/c1-3-24(4-2)21(27)20(16-9-6-5-7-10-16)23-19(26)13-12-18(25)17-11-8-14-22-15-17/h5-11,14-15,20H,3-4,12-13H2,1-2H3,(H,23,26). The SMILES string of the molecule is CCN(CC)C(=O)C(NC(=O)CCC(=O)c1cccnc1)c1ccccc1. The zero-order valence-corrected chi connectivity index (χ0v) is 15.7. The van der Waals surface area contributed by atoms with E-state index in [0.29, 0.717) is 18.7 Å². The highest BCUT2D eigenvalue weighted by Crippen LogP contribution is 2.16. The van der Waals surface area contributed by atoms with Gasteiger partial charge in [-0.3, -0.25) is 19.4 Å². The number of Topliss-reactive ketones (excluding diaryl/α,β-unsaturated/α-hetero) is 1. The van der Waals surface area contributed by atoms with Crippen LogP contribution in [0.1, 0.15) is 48.7 Å². The van der Waals surface area contributed by atoms with Crippen LogP contribution in [0.15, 0.2) is 54.9 Å². The molecule has 6 nitrogen and oxygen atoms in total. The maximum absolute atomic E-state index is 12.8. The molecule has 1 heterocycles. The van der Waals surface area contributed by atoms with Crippen LogP contribution in [0, 0.1) is 0 Å². The molecule has 1 N–H and O–H groups in total. The summed E-state index contributed by atoms with van der Waals surface area (Å²) < 4.78 is 0. The number of benzene rings is 1. The lowest BCUT2D eigenvalue weighted by molar-refractivity contribution is -0.136. The molecule has 1 aromatic heterocycles. The van der Waals surface area contributed by atoms with Crippen molar-refractivity contribution in [2.75, 3.05) is 13.1 Å². The number of pyridine rings is 1. The van der Waals surface area contributed by atoms with Crippen LogP contribution in [-0.4, -0.2) is 40.6 Å². The number of nitrogens with one attached hydrogen (secondary N) is 1. The number of carbonyl (C=O) groups excluding carboxylic acids is 3. The number of ketones is 1. The molecule has 142 valence electrons.